The Hall–Kier alpha value is -2.52. The first-order valence-corrected chi connectivity index (χ1v) is 11.7. The molecule has 150 valence electrons. The molecule has 0 aliphatic heterocycles. The van der Waals surface area contributed by atoms with Gasteiger partial charge < -0.3 is 10.2 Å². The number of fused-ring (bicyclic) bond motifs is 1. The number of carbonyl (C=O) groups is 1. The van der Waals surface area contributed by atoms with Crippen molar-refractivity contribution in [2.24, 2.45) is 0 Å². The number of phenols is 1. The average Bonchev–Trinajstić information content (AvgIpc) is 2.55. The smallest absolute Gasteiger partial charge is 0.409 e. The van der Waals surface area contributed by atoms with Gasteiger partial charge in [-0.25, -0.2) is 9.18 Å². The van der Waals surface area contributed by atoms with Crippen LogP contribution in [0.1, 0.15) is 47.1 Å². The summed E-state index contributed by atoms with van der Waals surface area (Å²) in [5.74, 6) is 2.39. The number of carboxylic acid groups (broad SMARTS) is 1. The lowest BCUT2D eigenvalue weighted by Crippen LogP contribution is -2.43. The van der Waals surface area contributed by atoms with Crippen LogP contribution in [0.2, 0.25) is 16.6 Å². The molecular formula is C22H28FNO3Si. The summed E-state index contributed by atoms with van der Waals surface area (Å²) in [6.45, 7) is 13.1. The summed E-state index contributed by atoms with van der Waals surface area (Å²) < 4.78 is 14.7. The fourth-order valence-electron chi connectivity index (χ4n) is 4.34. The second-order valence-electron chi connectivity index (χ2n) is 8.09. The first kappa shape index (κ1) is 21.8. The molecule has 3 N–H and O–H groups in total. The van der Waals surface area contributed by atoms with Crippen LogP contribution in [0.5, 0.6) is 5.75 Å². The summed E-state index contributed by atoms with van der Waals surface area (Å²) in [5.41, 5.74) is 5.07. The Labute approximate surface area is 166 Å². The van der Waals surface area contributed by atoms with Gasteiger partial charge in [0.15, 0.2) is 0 Å². The van der Waals surface area contributed by atoms with E-state index in [2.05, 4.69) is 58.3 Å². The fraction of sp³-hybridized carbons (Fsp3) is 0.409. The highest BCUT2D eigenvalue weighted by molar-refractivity contribution is 6.90. The molecule has 0 bridgehead atoms. The first-order valence-electron chi connectivity index (χ1n) is 9.49. The fourth-order valence-corrected chi connectivity index (χ4v) is 9.55. The molecule has 0 spiro atoms. The van der Waals surface area contributed by atoms with Crippen LogP contribution in [-0.4, -0.2) is 24.4 Å². The molecule has 0 aliphatic rings. The minimum absolute atomic E-state index is 0.163. The maximum atomic E-state index is 14.7. The molecule has 0 aromatic heterocycles. The number of phenolic OH excluding ortho intramolecular Hbond substituents is 1. The maximum Gasteiger partial charge on any atom is 0.409 e. The largest absolute Gasteiger partial charge is 0.507 e. The Morgan fingerprint density at radius 1 is 1.07 bits per heavy atom. The number of halogens is 1. The van der Waals surface area contributed by atoms with Crippen LogP contribution in [0.4, 0.5) is 14.9 Å². The summed E-state index contributed by atoms with van der Waals surface area (Å²) in [6.07, 6.45) is -1.23. The Balaban J connectivity index is 2.73. The van der Waals surface area contributed by atoms with Crippen LogP contribution in [0.25, 0.3) is 10.8 Å². The zero-order valence-corrected chi connectivity index (χ0v) is 18.2. The lowest BCUT2D eigenvalue weighted by Gasteiger charge is -2.38. The maximum absolute atomic E-state index is 14.7. The molecule has 0 heterocycles. The van der Waals surface area contributed by atoms with Gasteiger partial charge in [0.25, 0.3) is 0 Å². The van der Waals surface area contributed by atoms with E-state index in [1.54, 1.807) is 6.07 Å². The molecule has 0 saturated heterocycles. The topological polar surface area (TPSA) is 69.6 Å². The van der Waals surface area contributed by atoms with Crippen LogP contribution in [0.3, 0.4) is 0 Å². The number of benzene rings is 2. The molecule has 0 atom stereocenters. The van der Waals surface area contributed by atoms with Gasteiger partial charge in [0.05, 0.1) is 5.56 Å². The van der Waals surface area contributed by atoms with Gasteiger partial charge in [0.2, 0.25) is 0 Å². The van der Waals surface area contributed by atoms with E-state index < -0.39 is 20.0 Å². The van der Waals surface area contributed by atoms with Crippen molar-refractivity contribution in [3.63, 3.8) is 0 Å². The highest BCUT2D eigenvalue weighted by Crippen LogP contribution is 2.41. The molecule has 4 nitrogen and oxygen atoms in total. The number of nitrogens with one attached hydrogen (secondary N) is 1. The van der Waals surface area contributed by atoms with Crippen molar-refractivity contribution in [1.82, 2.24) is 0 Å². The van der Waals surface area contributed by atoms with Gasteiger partial charge in [0.1, 0.15) is 19.6 Å². The molecule has 0 radical (unpaired) electrons. The average molecular weight is 402 g/mol. The molecule has 2 rings (SSSR count). The van der Waals surface area contributed by atoms with E-state index in [1.165, 1.54) is 18.2 Å². The standard InChI is InChI=1S/C22H28FNO3Si/c1-13(2)28(14(3)4,15(5)6)10-9-18-19(23)8-7-16-11-17(24-22(26)27)12-20(25)21(16)18/h7-8,11-15,24-25H,1-6H3,(H,26,27). The summed E-state index contributed by atoms with van der Waals surface area (Å²) in [5, 5.41) is 22.4. The lowest BCUT2D eigenvalue weighted by molar-refractivity contribution is 0.210. The highest BCUT2D eigenvalue weighted by atomic mass is 28.3. The van der Waals surface area contributed by atoms with Crippen LogP contribution >= 0.6 is 0 Å². The molecule has 6 heteroatoms. The second-order valence-corrected chi connectivity index (χ2v) is 13.7. The number of anilines is 1. The minimum Gasteiger partial charge on any atom is -0.507 e. The first-order chi connectivity index (χ1) is 13.0. The molecule has 0 saturated carbocycles. The Morgan fingerprint density at radius 3 is 2.14 bits per heavy atom. The van der Waals surface area contributed by atoms with Gasteiger partial charge >= 0.3 is 6.09 Å². The van der Waals surface area contributed by atoms with Gasteiger partial charge in [-0.1, -0.05) is 53.5 Å². The van der Waals surface area contributed by atoms with E-state index in [4.69, 9.17) is 5.11 Å². The zero-order valence-electron chi connectivity index (χ0n) is 17.2. The number of hydrogen-bond acceptors (Lipinski definition) is 2. The van der Waals surface area contributed by atoms with E-state index in [-0.39, 0.29) is 17.0 Å². The highest BCUT2D eigenvalue weighted by Gasteiger charge is 2.41. The monoisotopic (exact) mass is 401 g/mol. The quantitative estimate of drug-likeness (QED) is 0.413. The molecule has 0 aliphatic carbocycles. The summed E-state index contributed by atoms with van der Waals surface area (Å²) in [4.78, 5) is 10.9. The van der Waals surface area contributed by atoms with Crippen LogP contribution in [0, 0.1) is 17.3 Å². The van der Waals surface area contributed by atoms with Gasteiger partial charge in [-0.2, -0.15) is 0 Å². The van der Waals surface area contributed by atoms with Crippen molar-refractivity contribution in [3.8, 4) is 17.2 Å². The molecule has 0 unspecified atom stereocenters. The predicted octanol–water partition coefficient (Wildman–Crippen LogP) is 6.34. The normalized spacial score (nSPS) is 11.8. The van der Waals surface area contributed by atoms with E-state index in [1.807, 2.05) is 0 Å². The van der Waals surface area contributed by atoms with Gasteiger partial charge in [-0.3, -0.25) is 5.32 Å². The van der Waals surface area contributed by atoms with E-state index in [0.29, 0.717) is 27.4 Å². The van der Waals surface area contributed by atoms with Crippen molar-refractivity contribution < 1.29 is 19.4 Å². The van der Waals surface area contributed by atoms with Gasteiger partial charge in [0, 0.05) is 17.1 Å². The molecular weight excluding hydrogens is 373 g/mol. The molecule has 2 aromatic rings. The Bertz CT molecular complexity index is 936. The van der Waals surface area contributed by atoms with Crippen molar-refractivity contribution >= 4 is 30.6 Å². The third-order valence-corrected chi connectivity index (χ3v) is 11.9. The van der Waals surface area contributed by atoms with Crippen molar-refractivity contribution in [1.29, 1.82) is 0 Å². The third kappa shape index (κ3) is 4.00. The minimum atomic E-state index is -2.07. The van der Waals surface area contributed by atoms with E-state index in [9.17, 15) is 14.3 Å². The molecule has 1 amide bonds. The summed E-state index contributed by atoms with van der Waals surface area (Å²) in [7, 11) is -2.07. The van der Waals surface area contributed by atoms with Crippen LogP contribution in [-0.2, 0) is 0 Å². The second kappa shape index (κ2) is 8.23. The van der Waals surface area contributed by atoms with E-state index in [0.717, 1.165) is 0 Å². The Kier molecular flexibility index (Phi) is 6.40. The van der Waals surface area contributed by atoms with Crippen molar-refractivity contribution in [3.05, 3.63) is 35.6 Å². The predicted molar refractivity (Wildman–Crippen MR) is 115 cm³/mol. The lowest BCUT2D eigenvalue weighted by atomic mass is 10.0. The van der Waals surface area contributed by atoms with E-state index >= 15 is 0 Å². The van der Waals surface area contributed by atoms with Crippen LogP contribution < -0.4 is 5.32 Å². The Morgan fingerprint density at radius 2 is 1.64 bits per heavy atom. The number of amides is 1. The number of hydrogen-bond donors (Lipinski definition) is 3. The van der Waals surface area contributed by atoms with Crippen molar-refractivity contribution in [2.75, 3.05) is 5.32 Å². The van der Waals surface area contributed by atoms with Gasteiger partial charge in [-0.05, 0) is 34.1 Å². The number of rotatable bonds is 4. The number of aromatic hydroxyl groups is 1. The molecule has 28 heavy (non-hydrogen) atoms. The molecule has 2 aromatic carbocycles. The zero-order chi connectivity index (χ0) is 21.2. The summed E-state index contributed by atoms with van der Waals surface area (Å²) in [6, 6.07) is 5.66. The third-order valence-electron chi connectivity index (χ3n) is 5.57. The molecule has 0 fully saturated rings. The van der Waals surface area contributed by atoms with Gasteiger partial charge in [-0.15, -0.1) is 5.54 Å². The van der Waals surface area contributed by atoms with Crippen molar-refractivity contribution in [2.45, 2.75) is 58.2 Å². The summed E-state index contributed by atoms with van der Waals surface area (Å²) >= 11 is 0. The van der Waals surface area contributed by atoms with Crippen LogP contribution in [0.15, 0.2) is 24.3 Å². The SMILES string of the molecule is CC(C)[Si](C#Cc1c(F)ccc2cc(NC(=O)O)cc(O)c12)(C(C)C)C(C)C.